The lowest BCUT2D eigenvalue weighted by Crippen LogP contribution is -2.30. The van der Waals surface area contributed by atoms with E-state index in [-0.39, 0.29) is 17.2 Å². The van der Waals surface area contributed by atoms with Gasteiger partial charge in [0.1, 0.15) is 11.3 Å². The van der Waals surface area contributed by atoms with Gasteiger partial charge >= 0.3 is 12.3 Å². The molecule has 152 valence electrons. The van der Waals surface area contributed by atoms with Crippen LogP contribution in [0.4, 0.5) is 18.9 Å². The van der Waals surface area contributed by atoms with Crippen molar-refractivity contribution >= 4 is 17.6 Å². The van der Waals surface area contributed by atoms with Gasteiger partial charge in [0.25, 0.3) is 5.91 Å². The van der Waals surface area contributed by atoms with E-state index >= 15 is 0 Å². The van der Waals surface area contributed by atoms with Gasteiger partial charge in [-0.05, 0) is 38.1 Å². The molecular formula is C18H19F3N2O5. The minimum absolute atomic E-state index is 0.106. The lowest BCUT2D eigenvalue weighted by molar-refractivity contribution is -0.274. The van der Waals surface area contributed by atoms with Crippen molar-refractivity contribution in [2.75, 3.05) is 5.32 Å². The van der Waals surface area contributed by atoms with E-state index in [1.54, 1.807) is 6.92 Å². The van der Waals surface area contributed by atoms with E-state index < -0.39 is 30.1 Å². The molecule has 7 nitrogen and oxygen atoms in total. The fourth-order valence-corrected chi connectivity index (χ4v) is 2.29. The topological polar surface area (TPSA) is 90.7 Å². The first-order valence-corrected chi connectivity index (χ1v) is 8.31. The molecule has 28 heavy (non-hydrogen) atoms. The molecule has 1 aromatic heterocycles. The average Bonchev–Trinajstić information content (AvgIpc) is 2.97. The van der Waals surface area contributed by atoms with Gasteiger partial charge in [0.15, 0.2) is 11.9 Å². The summed E-state index contributed by atoms with van der Waals surface area (Å²) in [4.78, 5) is 24.6. The second-order valence-corrected chi connectivity index (χ2v) is 6.27. The summed E-state index contributed by atoms with van der Waals surface area (Å²) in [6.45, 7) is 6.59. The molecule has 0 spiro atoms. The highest BCUT2D eigenvalue weighted by Gasteiger charge is 2.31. The van der Waals surface area contributed by atoms with Crippen molar-refractivity contribution in [3.8, 4) is 5.75 Å². The van der Waals surface area contributed by atoms with Crippen LogP contribution in [0.2, 0.25) is 0 Å². The molecule has 0 bridgehead atoms. The Labute approximate surface area is 158 Å². The van der Waals surface area contributed by atoms with Crippen molar-refractivity contribution in [1.82, 2.24) is 5.16 Å². The largest absolute Gasteiger partial charge is 0.573 e. The zero-order chi connectivity index (χ0) is 21.1. The number of carbonyl (C=O) groups is 2. The average molecular weight is 400 g/mol. The molecule has 0 radical (unpaired) electrons. The van der Waals surface area contributed by atoms with Crippen LogP contribution in [0.25, 0.3) is 0 Å². The summed E-state index contributed by atoms with van der Waals surface area (Å²) in [6, 6.07) is 4.56. The molecule has 2 rings (SSSR count). The van der Waals surface area contributed by atoms with Crippen LogP contribution in [0, 0.1) is 6.92 Å². The summed E-state index contributed by atoms with van der Waals surface area (Å²) >= 11 is 0. The van der Waals surface area contributed by atoms with Crippen LogP contribution < -0.4 is 10.1 Å². The number of nitrogens with zero attached hydrogens (tertiary/aromatic N) is 1. The third-order valence-electron chi connectivity index (χ3n) is 3.63. The van der Waals surface area contributed by atoms with E-state index in [0.717, 1.165) is 12.1 Å². The fourth-order valence-electron chi connectivity index (χ4n) is 2.29. The number of benzene rings is 1. The minimum atomic E-state index is -4.80. The maximum absolute atomic E-state index is 12.4. The van der Waals surface area contributed by atoms with E-state index in [9.17, 15) is 22.8 Å². The maximum atomic E-state index is 12.4. The minimum Gasteiger partial charge on any atom is -0.449 e. The summed E-state index contributed by atoms with van der Waals surface area (Å²) in [7, 11) is 0. The van der Waals surface area contributed by atoms with Gasteiger partial charge in [-0.25, -0.2) is 4.79 Å². The standard InChI is InChI=1S/C18H19F3N2O5/c1-9(2)15-14(10(3)23-28-15)17(25)26-11(4)16(24)22-12-5-7-13(8-6-12)27-18(19,20)21/h5-9,11H,1-4H3,(H,22,24)/t11-/m0/s1. The predicted molar refractivity (Wildman–Crippen MR) is 92.0 cm³/mol. The molecule has 0 saturated heterocycles. The highest BCUT2D eigenvalue weighted by atomic mass is 19.4. The number of anilines is 1. The number of alkyl halides is 3. The summed E-state index contributed by atoms with van der Waals surface area (Å²) in [5.41, 5.74) is 0.733. The third-order valence-corrected chi connectivity index (χ3v) is 3.63. The van der Waals surface area contributed by atoms with Crippen LogP contribution in [0.3, 0.4) is 0 Å². The molecular weight excluding hydrogens is 381 g/mol. The monoisotopic (exact) mass is 400 g/mol. The van der Waals surface area contributed by atoms with E-state index in [1.807, 2.05) is 13.8 Å². The lowest BCUT2D eigenvalue weighted by Gasteiger charge is -2.14. The Balaban J connectivity index is 1.99. The first-order valence-electron chi connectivity index (χ1n) is 8.31. The molecule has 0 aliphatic rings. The number of halogens is 3. The van der Waals surface area contributed by atoms with Crippen molar-refractivity contribution < 1.29 is 36.8 Å². The molecule has 0 fully saturated rings. The van der Waals surface area contributed by atoms with Gasteiger partial charge in [-0.3, -0.25) is 4.79 Å². The first-order chi connectivity index (χ1) is 13.0. The number of rotatable bonds is 6. The zero-order valence-corrected chi connectivity index (χ0v) is 15.6. The molecule has 10 heteroatoms. The van der Waals surface area contributed by atoms with Gasteiger partial charge in [-0.15, -0.1) is 13.2 Å². The Bertz CT molecular complexity index is 844. The lowest BCUT2D eigenvalue weighted by atomic mass is 10.1. The first kappa shape index (κ1) is 21.3. The molecule has 1 atom stereocenters. The Morgan fingerprint density at radius 1 is 1.14 bits per heavy atom. The van der Waals surface area contributed by atoms with Crippen molar-refractivity contribution in [1.29, 1.82) is 0 Å². The number of carbonyl (C=O) groups excluding carboxylic acids is 2. The SMILES string of the molecule is Cc1noc(C(C)C)c1C(=O)O[C@@H](C)C(=O)Nc1ccc(OC(F)(F)F)cc1. The fraction of sp³-hybridized carbons (Fsp3) is 0.389. The number of hydrogen-bond donors (Lipinski definition) is 1. The van der Waals surface area contributed by atoms with Crippen LogP contribution in [-0.2, 0) is 9.53 Å². The molecule has 0 aliphatic carbocycles. The van der Waals surface area contributed by atoms with Crippen LogP contribution >= 0.6 is 0 Å². The van der Waals surface area contributed by atoms with Gasteiger partial charge in [-0.1, -0.05) is 19.0 Å². The molecule has 1 amide bonds. The van der Waals surface area contributed by atoms with Gasteiger partial charge < -0.3 is 19.3 Å². The van der Waals surface area contributed by atoms with E-state index in [2.05, 4.69) is 15.2 Å². The van der Waals surface area contributed by atoms with Gasteiger partial charge in [0.2, 0.25) is 0 Å². The van der Waals surface area contributed by atoms with Crippen LogP contribution in [0.15, 0.2) is 28.8 Å². The van der Waals surface area contributed by atoms with E-state index in [0.29, 0.717) is 11.5 Å². The molecule has 1 heterocycles. The highest BCUT2D eigenvalue weighted by molar-refractivity contribution is 5.98. The number of nitrogens with one attached hydrogen (secondary N) is 1. The number of ether oxygens (including phenoxy) is 2. The third kappa shape index (κ3) is 5.48. The zero-order valence-electron chi connectivity index (χ0n) is 15.6. The van der Waals surface area contributed by atoms with Gasteiger partial charge in [0, 0.05) is 11.6 Å². The molecule has 1 aromatic carbocycles. The number of hydrogen-bond acceptors (Lipinski definition) is 6. The summed E-state index contributed by atoms with van der Waals surface area (Å²) in [5, 5.41) is 6.19. The predicted octanol–water partition coefficient (Wildman–Crippen LogP) is 4.19. The normalized spacial score (nSPS) is 12.6. The molecule has 0 aliphatic heterocycles. The molecule has 0 unspecified atom stereocenters. The van der Waals surface area contributed by atoms with Gasteiger partial charge in [-0.2, -0.15) is 0 Å². The number of amides is 1. The molecule has 2 aromatic rings. The Hall–Kier alpha value is -3.04. The maximum Gasteiger partial charge on any atom is 0.573 e. The Morgan fingerprint density at radius 2 is 1.75 bits per heavy atom. The van der Waals surface area contributed by atoms with Crippen LogP contribution in [-0.4, -0.2) is 29.5 Å². The number of aryl methyl sites for hydroxylation is 1. The molecule has 0 saturated carbocycles. The smallest absolute Gasteiger partial charge is 0.449 e. The van der Waals surface area contributed by atoms with Crippen molar-refractivity contribution in [2.24, 2.45) is 0 Å². The van der Waals surface area contributed by atoms with Crippen molar-refractivity contribution in [3.05, 3.63) is 41.3 Å². The Morgan fingerprint density at radius 3 is 2.29 bits per heavy atom. The summed E-state index contributed by atoms with van der Waals surface area (Å²) in [5.74, 6) is -1.58. The second-order valence-electron chi connectivity index (χ2n) is 6.27. The van der Waals surface area contributed by atoms with E-state index in [1.165, 1.54) is 19.1 Å². The van der Waals surface area contributed by atoms with Crippen molar-refractivity contribution in [3.63, 3.8) is 0 Å². The van der Waals surface area contributed by atoms with Crippen LogP contribution in [0.1, 0.15) is 48.5 Å². The van der Waals surface area contributed by atoms with Crippen molar-refractivity contribution in [2.45, 2.75) is 46.1 Å². The second kappa shape index (κ2) is 8.32. The van der Waals surface area contributed by atoms with Gasteiger partial charge in [0.05, 0.1) is 5.69 Å². The quantitative estimate of drug-likeness (QED) is 0.732. The summed E-state index contributed by atoms with van der Waals surface area (Å²) in [6.07, 6.45) is -5.96. The van der Waals surface area contributed by atoms with Crippen LogP contribution in [0.5, 0.6) is 5.75 Å². The molecule has 1 N–H and O–H groups in total. The number of esters is 1. The summed E-state index contributed by atoms with van der Waals surface area (Å²) < 4.78 is 50.5. The number of aromatic nitrogens is 1. The highest BCUT2D eigenvalue weighted by Crippen LogP contribution is 2.25. The van der Waals surface area contributed by atoms with E-state index in [4.69, 9.17) is 9.26 Å². The Kier molecular flexibility index (Phi) is 6.32.